The summed E-state index contributed by atoms with van der Waals surface area (Å²) in [4.78, 5) is 7.21. The number of allylic oxidation sites excluding steroid dienone is 2. The SMILES string of the molecule is C#CC1=CCC(Cc2c[nH]cn2)CC1. The molecule has 1 aliphatic carbocycles. The van der Waals surface area contributed by atoms with Gasteiger partial charge < -0.3 is 4.98 Å². The second kappa shape index (κ2) is 4.15. The van der Waals surface area contributed by atoms with Crippen molar-refractivity contribution < 1.29 is 0 Å². The maximum absolute atomic E-state index is 5.35. The van der Waals surface area contributed by atoms with Crippen molar-refractivity contribution in [2.45, 2.75) is 25.7 Å². The predicted molar refractivity (Wildman–Crippen MR) is 56.5 cm³/mol. The van der Waals surface area contributed by atoms with Crippen LogP contribution in [0.15, 0.2) is 24.2 Å². The maximum Gasteiger partial charge on any atom is 0.0923 e. The van der Waals surface area contributed by atoms with Crippen LogP contribution in [0.5, 0.6) is 0 Å². The van der Waals surface area contributed by atoms with Crippen LogP contribution >= 0.6 is 0 Å². The first-order chi connectivity index (χ1) is 6.88. The van der Waals surface area contributed by atoms with Crippen LogP contribution in [-0.2, 0) is 6.42 Å². The lowest BCUT2D eigenvalue weighted by atomic mass is 9.87. The largest absolute Gasteiger partial charge is 0.351 e. The van der Waals surface area contributed by atoms with Gasteiger partial charge in [-0.05, 0) is 37.2 Å². The Morgan fingerprint density at radius 3 is 3.14 bits per heavy atom. The van der Waals surface area contributed by atoms with E-state index in [9.17, 15) is 0 Å². The Balaban J connectivity index is 1.91. The highest BCUT2D eigenvalue weighted by molar-refractivity contribution is 5.26. The molecule has 1 aromatic heterocycles. The number of aromatic amines is 1. The minimum absolute atomic E-state index is 0.718. The van der Waals surface area contributed by atoms with Gasteiger partial charge in [0.1, 0.15) is 0 Å². The van der Waals surface area contributed by atoms with Gasteiger partial charge in [0.05, 0.1) is 12.0 Å². The maximum atomic E-state index is 5.35. The van der Waals surface area contributed by atoms with Crippen molar-refractivity contribution in [3.63, 3.8) is 0 Å². The third kappa shape index (κ3) is 2.05. The van der Waals surface area contributed by atoms with E-state index in [2.05, 4.69) is 22.0 Å². The molecule has 0 radical (unpaired) electrons. The Labute approximate surface area is 84.4 Å². The summed E-state index contributed by atoms with van der Waals surface area (Å²) < 4.78 is 0. The summed E-state index contributed by atoms with van der Waals surface area (Å²) >= 11 is 0. The van der Waals surface area contributed by atoms with E-state index in [1.54, 1.807) is 6.33 Å². The third-order valence-corrected chi connectivity index (χ3v) is 2.76. The zero-order chi connectivity index (χ0) is 9.80. The zero-order valence-electron chi connectivity index (χ0n) is 8.16. The van der Waals surface area contributed by atoms with Crippen LogP contribution in [0.3, 0.4) is 0 Å². The Kier molecular flexibility index (Phi) is 2.69. The number of aromatic nitrogens is 2. The average molecular weight is 186 g/mol. The molecule has 1 heterocycles. The van der Waals surface area contributed by atoms with Crippen molar-refractivity contribution in [2.75, 3.05) is 0 Å². The molecule has 0 saturated carbocycles. The molecule has 2 heteroatoms. The molecule has 0 aromatic carbocycles. The van der Waals surface area contributed by atoms with E-state index in [0.29, 0.717) is 0 Å². The normalized spacial score (nSPS) is 21.4. The van der Waals surface area contributed by atoms with Crippen LogP contribution in [0.2, 0.25) is 0 Å². The van der Waals surface area contributed by atoms with Crippen molar-refractivity contribution in [2.24, 2.45) is 5.92 Å². The quantitative estimate of drug-likeness (QED) is 0.705. The van der Waals surface area contributed by atoms with E-state index >= 15 is 0 Å². The molecule has 2 nitrogen and oxygen atoms in total. The van der Waals surface area contributed by atoms with Crippen molar-refractivity contribution in [3.05, 3.63) is 29.9 Å². The first-order valence-electron chi connectivity index (χ1n) is 5.02. The molecule has 1 atom stereocenters. The van der Waals surface area contributed by atoms with Gasteiger partial charge in [-0.15, -0.1) is 6.42 Å². The molecule has 72 valence electrons. The van der Waals surface area contributed by atoms with Gasteiger partial charge in [-0.25, -0.2) is 4.98 Å². The van der Waals surface area contributed by atoms with Crippen LogP contribution in [-0.4, -0.2) is 9.97 Å². The molecule has 0 spiro atoms. The van der Waals surface area contributed by atoms with Crippen molar-refractivity contribution >= 4 is 0 Å². The number of rotatable bonds is 2. The van der Waals surface area contributed by atoms with Crippen LogP contribution < -0.4 is 0 Å². The monoisotopic (exact) mass is 186 g/mol. The fourth-order valence-electron chi connectivity index (χ4n) is 1.90. The predicted octanol–water partition coefficient (Wildman–Crippen LogP) is 2.31. The van der Waals surface area contributed by atoms with Gasteiger partial charge in [0.15, 0.2) is 0 Å². The lowest BCUT2D eigenvalue weighted by Gasteiger charge is -2.18. The second-order valence-electron chi connectivity index (χ2n) is 3.78. The summed E-state index contributed by atoms with van der Waals surface area (Å²) in [6.07, 6.45) is 15.7. The molecule has 0 bridgehead atoms. The van der Waals surface area contributed by atoms with Gasteiger partial charge in [-0.3, -0.25) is 0 Å². The van der Waals surface area contributed by atoms with E-state index in [-0.39, 0.29) is 0 Å². The van der Waals surface area contributed by atoms with Gasteiger partial charge in [0.2, 0.25) is 0 Å². The Morgan fingerprint density at radius 1 is 1.64 bits per heavy atom. The summed E-state index contributed by atoms with van der Waals surface area (Å²) in [5.41, 5.74) is 2.33. The first-order valence-corrected chi connectivity index (χ1v) is 5.02. The van der Waals surface area contributed by atoms with Gasteiger partial charge in [-0.2, -0.15) is 0 Å². The van der Waals surface area contributed by atoms with Crippen LogP contribution in [0.1, 0.15) is 25.0 Å². The number of imidazole rings is 1. The molecule has 1 unspecified atom stereocenters. The van der Waals surface area contributed by atoms with E-state index in [4.69, 9.17) is 6.42 Å². The van der Waals surface area contributed by atoms with E-state index in [1.807, 2.05) is 6.20 Å². The Bertz CT molecular complexity index is 354. The number of hydrogen-bond acceptors (Lipinski definition) is 1. The van der Waals surface area contributed by atoms with Gasteiger partial charge >= 0.3 is 0 Å². The smallest absolute Gasteiger partial charge is 0.0923 e. The zero-order valence-corrected chi connectivity index (χ0v) is 8.16. The number of nitrogens with zero attached hydrogens (tertiary/aromatic N) is 1. The molecular formula is C12H14N2. The standard InChI is InChI=1S/C12H14N2/c1-2-10-3-5-11(6-4-10)7-12-8-13-9-14-12/h1,3,8-9,11H,4-7H2,(H,13,14). The lowest BCUT2D eigenvalue weighted by Crippen LogP contribution is -2.08. The topological polar surface area (TPSA) is 28.7 Å². The van der Waals surface area contributed by atoms with E-state index in [0.717, 1.165) is 30.9 Å². The number of hydrogen-bond donors (Lipinski definition) is 1. The average Bonchev–Trinajstić information content (AvgIpc) is 2.72. The fraction of sp³-hybridized carbons (Fsp3) is 0.417. The van der Waals surface area contributed by atoms with Crippen LogP contribution in [0.4, 0.5) is 0 Å². The van der Waals surface area contributed by atoms with E-state index < -0.39 is 0 Å². The van der Waals surface area contributed by atoms with Crippen LogP contribution in [0.25, 0.3) is 0 Å². The summed E-state index contributed by atoms with van der Waals surface area (Å²) in [5, 5.41) is 0. The molecular weight excluding hydrogens is 172 g/mol. The summed E-state index contributed by atoms with van der Waals surface area (Å²) in [7, 11) is 0. The second-order valence-corrected chi connectivity index (χ2v) is 3.78. The third-order valence-electron chi connectivity index (χ3n) is 2.76. The molecule has 0 amide bonds. The Morgan fingerprint density at radius 2 is 2.57 bits per heavy atom. The minimum atomic E-state index is 0.718. The molecule has 0 saturated heterocycles. The molecule has 0 aliphatic heterocycles. The Hall–Kier alpha value is -1.49. The van der Waals surface area contributed by atoms with Gasteiger partial charge in [0.25, 0.3) is 0 Å². The van der Waals surface area contributed by atoms with Gasteiger partial charge in [0, 0.05) is 6.20 Å². The molecule has 14 heavy (non-hydrogen) atoms. The first kappa shape index (κ1) is 9.08. The summed E-state index contributed by atoms with van der Waals surface area (Å²) in [6, 6.07) is 0. The van der Waals surface area contributed by atoms with Crippen molar-refractivity contribution in [3.8, 4) is 12.3 Å². The summed E-state index contributed by atoms with van der Waals surface area (Å²) in [5.74, 6) is 3.44. The number of terminal acetylenes is 1. The molecule has 1 aromatic rings. The highest BCUT2D eigenvalue weighted by atomic mass is 14.9. The van der Waals surface area contributed by atoms with Crippen LogP contribution in [0, 0.1) is 18.3 Å². The molecule has 2 rings (SSSR count). The molecule has 1 aliphatic rings. The van der Waals surface area contributed by atoms with E-state index in [1.165, 1.54) is 12.0 Å². The van der Waals surface area contributed by atoms with Gasteiger partial charge in [-0.1, -0.05) is 12.0 Å². The molecule has 1 N–H and O–H groups in total. The highest BCUT2D eigenvalue weighted by Crippen LogP contribution is 2.25. The lowest BCUT2D eigenvalue weighted by molar-refractivity contribution is 0.468. The van der Waals surface area contributed by atoms with Crippen molar-refractivity contribution in [1.82, 2.24) is 9.97 Å². The van der Waals surface area contributed by atoms with Crippen molar-refractivity contribution in [1.29, 1.82) is 0 Å². The summed E-state index contributed by atoms with van der Waals surface area (Å²) in [6.45, 7) is 0. The highest BCUT2D eigenvalue weighted by Gasteiger charge is 2.14. The minimum Gasteiger partial charge on any atom is -0.351 e. The number of H-pyrrole nitrogens is 1. The number of nitrogens with one attached hydrogen (secondary N) is 1. The fourth-order valence-corrected chi connectivity index (χ4v) is 1.90. The molecule has 0 fully saturated rings.